The average Bonchev–Trinajstić information content (AvgIpc) is 2.37. The lowest BCUT2D eigenvalue weighted by molar-refractivity contribution is -0.139. The molecular formula is C14H14ClFN2O3. The highest BCUT2D eigenvalue weighted by molar-refractivity contribution is 6.31. The molecule has 1 aromatic carbocycles. The van der Waals surface area contributed by atoms with Gasteiger partial charge in [-0.05, 0) is 26.0 Å². The molecule has 0 saturated heterocycles. The molecule has 1 aliphatic rings. The van der Waals surface area contributed by atoms with Gasteiger partial charge in [-0.25, -0.2) is 14.0 Å². The summed E-state index contributed by atoms with van der Waals surface area (Å²) < 4.78 is 19.0. The molecular weight excluding hydrogens is 299 g/mol. The number of hydrogen-bond acceptors (Lipinski definition) is 3. The SMILES string of the molecule is CCOC(=O)C1=C(C)NC(=O)NC1c1c(F)cccc1Cl. The second kappa shape index (κ2) is 6.13. The smallest absolute Gasteiger partial charge is 0.338 e. The maximum atomic E-state index is 14.1. The summed E-state index contributed by atoms with van der Waals surface area (Å²) in [5, 5.41) is 5.09. The van der Waals surface area contributed by atoms with Crippen molar-refractivity contribution in [1.82, 2.24) is 10.6 Å². The summed E-state index contributed by atoms with van der Waals surface area (Å²) in [6, 6.07) is 2.63. The van der Waals surface area contributed by atoms with Crippen LogP contribution in [0.1, 0.15) is 25.5 Å². The lowest BCUT2D eigenvalue weighted by Crippen LogP contribution is -2.45. The van der Waals surface area contributed by atoms with E-state index in [4.69, 9.17) is 16.3 Å². The molecule has 21 heavy (non-hydrogen) atoms. The molecule has 2 rings (SSSR count). The molecule has 7 heteroatoms. The number of esters is 1. The van der Waals surface area contributed by atoms with E-state index in [1.54, 1.807) is 13.8 Å². The third-order valence-corrected chi connectivity index (χ3v) is 3.38. The van der Waals surface area contributed by atoms with Crippen LogP contribution in [-0.2, 0) is 9.53 Å². The van der Waals surface area contributed by atoms with Gasteiger partial charge in [-0.3, -0.25) is 0 Å². The number of amides is 2. The highest BCUT2D eigenvalue weighted by atomic mass is 35.5. The van der Waals surface area contributed by atoms with Crippen molar-refractivity contribution in [3.05, 3.63) is 45.9 Å². The Balaban J connectivity index is 2.55. The van der Waals surface area contributed by atoms with Gasteiger partial charge < -0.3 is 15.4 Å². The summed E-state index contributed by atoms with van der Waals surface area (Å²) in [4.78, 5) is 23.7. The number of ether oxygens (including phenoxy) is 1. The Morgan fingerprint density at radius 3 is 2.81 bits per heavy atom. The van der Waals surface area contributed by atoms with Crippen LogP contribution >= 0.6 is 11.6 Å². The number of rotatable bonds is 3. The van der Waals surface area contributed by atoms with Crippen molar-refractivity contribution in [2.45, 2.75) is 19.9 Å². The van der Waals surface area contributed by atoms with E-state index in [2.05, 4.69) is 10.6 Å². The largest absolute Gasteiger partial charge is 0.463 e. The summed E-state index contributed by atoms with van der Waals surface area (Å²) >= 11 is 6.02. The molecule has 1 aromatic rings. The highest BCUT2D eigenvalue weighted by Gasteiger charge is 2.34. The van der Waals surface area contributed by atoms with Crippen LogP contribution in [0.3, 0.4) is 0 Å². The fourth-order valence-corrected chi connectivity index (χ4v) is 2.45. The standard InChI is InChI=1S/C14H14ClFN2O3/c1-3-21-13(19)10-7(2)17-14(20)18-12(10)11-8(15)5-4-6-9(11)16/h4-6,12H,3H2,1-2H3,(H2,17,18,20). The highest BCUT2D eigenvalue weighted by Crippen LogP contribution is 2.33. The van der Waals surface area contributed by atoms with Gasteiger partial charge in [0.25, 0.3) is 0 Å². The molecule has 1 aliphatic heterocycles. The van der Waals surface area contributed by atoms with Gasteiger partial charge in [-0.15, -0.1) is 0 Å². The molecule has 0 saturated carbocycles. The van der Waals surface area contributed by atoms with Crippen LogP contribution in [0.5, 0.6) is 0 Å². The van der Waals surface area contributed by atoms with Gasteiger partial charge >= 0.3 is 12.0 Å². The number of carbonyl (C=O) groups excluding carboxylic acids is 2. The van der Waals surface area contributed by atoms with Gasteiger partial charge in [0.05, 0.1) is 18.2 Å². The number of hydrogen-bond donors (Lipinski definition) is 2. The van der Waals surface area contributed by atoms with Gasteiger partial charge in [0.15, 0.2) is 0 Å². The Morgan fingerprint density at radius 1 is 1.48 bits per heavy atom. The van der Waals surface area contributed by atoms with Gasteiger partial charge in [0.2, 0.25) is 0 Å². The Bertz CT molecular complexity index is 610. The number of halogens is 2. The molecule has 1 atom stereocenters. The Hall–Kier alpha value is -2.08. The van der Waals surface area contributed by atoms with Gasteiger partial charge in [-0.2, -0.15) is 0 Å². The van der Waals surface area contributed by atoms with Crippen LogP contribution < -0.4 is 10.6 Å². The molecule has 0 bridgehead atoms. The van der Waals surface area contributed by atoms with Crippen LogP contribution in [0.25, 0.3) is 0 Å². The van der Waals surface area contributed by atoms with Crippen LogP contribution in [0, 0.1) is 5.82 Å². The van der Waals surface area contributed by atoms with Crippen molar-refractivity contribution in [2.75, 3.05) is 6.61 Å². The second-order valence-corrected chi connectivity index (χ2v) is 4.83. The van der Waals surface area contributed by atoms with Crippen LogP contribution in [0.15, 0.2) is 29.5 Å². The van der Waals surface area contributed by atoms with Crippen LogP contribution in [0.4, 0.5) is 9.18 Å². The van der Waals surface area contributed by atoms with E-state index in [1.165, 1.54) is 18.2 Å². The first kappa shape index (κ1) is 15.3. The molecule has 2 N–H and O–H groups in total. The molecule has 1 unspecified atom stereocenters. The van der Waals surface area contributed by atoms with Crippen molar-refractivity contribution in [2.24, 2.45) is 0 Å². The maximum absolute atomic E-state index is 14.1. The van der Waals surface area contributed by atoms with Crippen molar-refractivity contribution >= 4 is 23.6 Å². The molecule has 5 nitrogen and oxygen atoms in total. The third kappa shape index (κ3) is 3.00. The number of benzene rings is 1. The second-order valence-electron chi connectivity index (χ2n) is 4.43. The molecule has 0 aromatic heterocycles. The van der Waals surface area contributed by atoms with E-state index in [0.717, 1.165) is 0 Å². The molecule has 0 aliphatic carbocycles. The van der Waals surface area contributed by atoms with E-state index in [9.17, 15) is 14.0 Å². The third-order valence-electron chi connectivity index (χ3n) is 3.05. The van der Waals surface area contributed by atoms with E-state index in [1.807, 2.05) is 0 Å². The zero-order valence-corrected chi connectivity index (χ0v) is 12.3. The quantitative estimate of drug-likeness (QED) is 0.843. The summed E-state index contributed by atoms with van der Waals surface area (Å²) in [7, 11) is 0. The van der Waals surface area contributed by atoms with E-state index in [-0.39, 0.29) is 22.8 Å². The molecule has 0 spiro atoms. The van der Waals surface area contributed by atoms with E-state index < -0.39 is 23.9 Å². The number of allylic oxidation sites excluding steroid dienone is 1. The number of nitrogens with one attached hydrogen (secondary N) is 2. The van der Waals surface area contributed by atoms with Crippen molar-refractivity contribution < 1.29 is 18.7 Å². The summed E-state index contributed by atoms with van der Waals surface area (Å²) in [5.74, 6) is -1.24. The van der Waals surface area contributed by atoms with Crippen LogP contribution in [-0.4, -0.2) is 18.6 Å². The van der Waals surface area contributed by atoms with Crippen molar-refractivity contribution in [1.29, 1.82) is 0 Å². The first-order chi connectivity index (χ1) is 9.95. The Labute approximate surface area is 126 Å². The van der Waals surface area contributed by atoms with Gasteiger partial charge in [0, 0.05) is 16.3 Å². The molecule has 2 amide bonds. The van der Waals surface area contributed by atoms with Crippen molar-refractivity contribution in [3.8, 4) is 0 Å². The lowest BCUT2D eigenvalue weighted by atomic mass is 9.95. The Morgan fingerprint density at radius 2 is 2.19 bits per heavy atom. The molecule has 1 heterocycles. The first-order valence-electron chi connectivity index (χ1n) is 6.35. The fraction of sp³-hybridized carbons (Fsp3) is 0.286. The van der Waals surface area contributed by atoms with E-state index in [0.29, 0.717) is 5.70 Å². The minimum absolute atomic E-state index is 0.0384. The normalized spacial score (nSPS) is 18.1. The molecule has 0 radical (unpaired) electrons. The zero-order valence-electron chi connectivity index (χ0n) is 11.5. The Kier molecular flexibility index (Phi) is 4.47. The predicted octanol–water partition coefficient (Wildman–Crippen LogP) is 2.67. The summed E-state index contributed by atoms with van der Waals surface area (Å²) in [6.45, 7) is 3.38. The monoisotopic (exact) mass is 312 g/mol. The molecule has 0 fully saturated rings. The van der Waals surface area contributed by atoms with Crippen molar-refractivity contribution in [3.63, 3.8) is 0 Å². The lowest BCUT2D eigenvalue weighted by Gasteiger charge is -2.28. The number of urea groups is 1. The fourth-order valence-electron chi connectivity index (χ4n) is 2.18. The zero-order chi connectivity index (χ0) is 15.6. The minimum Gasteiger partial charge on any atom is -0.463 e. The predicted molar refractivity (Wildman–Crippen MR) is 75.2 cm³/mol. The van der Waals surface area contributed by atoms with E-state index >= 15 is 0 Å². The van der Waals surface area contributed by atoms with Crippen LogP contribution in [0.2, 0.25) is 5.02 Å². The maximum Gasteiger partial charge on any atom is 0.338 e. The molecule has 112 valence electrons. The minimum atomic E-state index is -0.994. The van der Waals surface area contributed by atoms with Gasteiger partial charge in [0.1, 0.15) is 5.82 Å². The topological polar surface area (TPSA) is 67.4 Å². The first-order valence-corrected chi connectivity index (χ1v) is 6.72. The summed E-state index contributed by atoms with van der Waals surface area (Å²) in [6.07, 6.45) is 0. The average molecular weight is 313 g/mol. The number of carbonyl (C=O) groups is 2. The summed E-state index contributed by atoms with van der Waals surface area (Å²) in [5.41, 5.74) is 0.474. The van der Waals surface area contributed by atoms with Gasteiger partial charge in [-0.1, -0.05) is 17.7 Å².